The predicted octanol–water partition coefficient (Wildman–Crippen LogP) is 3.11. The van der Waals surface area contributed by atoms with E-state index in [1.165, 1.54) is 0 Å². The Morgan fingerprint density at radius 1 is 1.15 bits per heavy atom. The summed E-state index contributed by atoms with van der Waals surface area (Å²) in [7, 11) is 0. The van der Waals surface area contributed by atoms with Crippen molar-refractivity contribution in [3.8, 4) is 5.88 Å². The number of hydrogen-bond donors (Lipinski definition) is 2. The van der Waals surface area contributed by atoms with Gasteiger partial charge in [0.1, 0.15) is 11.5 Å². The normalized spacial score (nSPS) is 11.2. The zero-order chi connectivity index (χ0) is 15.1. The summed E-state index contributed by atoms with van der Waals surface area (Å²) in [5, 5.41) is 3.28. The van der Waals surface area contributed by atoms with Gasteiger partial charge in [0.05, 0.1) is 6.61 Å². The van der Waals surface area contributed by atoms with Gasteiger partial charge in [-0.2, -0.15) is 4.98 Å². The van der Waals surface area contributed by atoms with Gasteiger partial charge in [-0.15, -0.1) is 0 Å². The van der Waals surface area contributed by atoms with E-state index in [0.29, 0.717) is 35.8 Å². The van der Waals surface area contributed by atoms with Crippen LogP contribution < -0.4 is 15.8 Å². The Morgan fingerprint density at radius 3 is 2.40 bits per heavy atom. The highest BCUT2D eigenvalue weighted by atomic mass is 16.5. The van der Waals surface area contributed by atoms with E-state index in [1.807, 2.05) is 0 Å². The molecule has 0 radical (unpaired) electrons. The molecule has 0 bridgehead atoms. The summed E-state index contributed by atoms with van der Waals surface area (Å²) < 4.78 is 5.72. The van der Waals surface area contributed by atoms with Gasteiger partial charge >= 0.3 is 0 Å². The lowest BCUT2D eigenvalue weighted by molar-refractivity contribution is 0.262. The molecule has 1 heterocycles. The lowest BCUT2D eigenvalue weighted by Gasteiger charge is -2.16. The highest BCUT2D eigenvalue weighted by molar-refractivity contribution is 5.66. The van der Waals surface area contributed by atoms with Crippen molar-refractivity contribution in [1.82, 2.24) is 9.97 Å². The number of ether oxygens (including phenoxy) is 1. The third-order valence-corrected chi connectivity index (χ3v) is 2.66. The van der Waals surface area contributed by atoms with Crippen LogP contribution in [0.25, 0.3) is 0 Å². The van der Waals surface area contributed by atoms with Gasteiger partial charge in [0.2, 0.25) is 5.88 Å². The SMILES string of the molecule is CCCc1nc(NCC(C)C)c(N)c(OCC(C)C)n1. The molecule has 0 amide bonds. The first-order valence-electron chi connectivity index (χ1n) is 7.47. The molecule has 0 aromatic carbocycles. The average Bonchev–Trinajstić information content (AvgIpc) is 2.37. The molecule has 0 saturated heterocycles. The fraction of sp³-hybridized carbons (Fsp3) is 0.733. The molecular formula is C15H28N4O. The second kappa shape index (κ2) is 7.92. The van der Waals surface area contributed by atoms with Crippen molar-refractivity contribution in [2.45, 2.75) is 47.5 Å². The molecule has 1 rings (SSSR count). The molecule has 5 heteroatoms. The minimum atomic E-state index is 0.436. The van der Waals surface area contributed by atoms with Crippen LogP contribution in [0.5, 0.6) is 5.88 Å². The lowest BCUT2D eigenvalue weighted by Crippen LogP contribution is -2.15. The molecule has 0 saturated carbocycles. The topological polar surface area (TPSA) is 73.1 Å². The molecule has 0 fully saturated rings. The quantitative estimate of drug-likeness (QED) is 0.765. The number of rotatable bonds is 8. The zero-order valence-electron chi connectivity index (χ0n) is 13.4. The molecule has 0 spiro atoms. The van der Waals surface area contributed by atoms with Gasteiger partial charge in [-0.05, 0) is 18.3 Å². The van der Waals surface area contributed by atoms with Crippen molar-refractivity contribution in [2.75, 3.05) is 24.2 Å². The van der Waals surface area contributed by atoms with E-state index < -0.39 is 0 Å². The lowest BCUT2D eigenvalue weighted by atomic mass is 10.2. The van der Waals surface area contributed by atoms with Crippen LogP contribution in [0.15, 0.2) is 0 Å². The maximum Gasteiger partial charge on any atom is 0.242 e. The smallest absolute Gasteiger partial charge is 0.242 e. The molecule has 0 atom stereocenters. The zero-order valence-corrected chi connectivity index (χ0v) is 13.4. The van der Waals surface area contributed by atoms with E-state index in [1.54, 1.807) is 0 Å². The van der Waals surface area contributed by atoms with Gasteiger partial charge in [-0.1, -0.05) is 34.6 Å². The van der Waals surface area contributed by atoms with Crippen molar-refractivity contribution in [2.24, 2.45) is 11.8 Å². The van der Waals surface area contributed by atoms with Crippen molar-refractivity contribution < 1.29 is 4.74 Å². The van der Waals surface area contributed by atoms with Gasteiger partial charge < -0.3 is 15.8 Å². The summed E-state index contributed by atoms with van der Waals surface area (Å²) >= 11 is 0. The third-order valence-electron chi connectivity index (χ3n) is 2.66. The molecule has 0 aliphatic rings. The van der Waals surface area contributed by atoms with Crippen LogP contribution in [-0.4, -0.2) is 23.1 Å². The van der Waals surface area contributed by atoms with E-state index in [4.69, 9.17) is 10.5 Å². The fourth-order valence-corrected chi connectivity index (χ4v) is 1.62. The van der Waals surface area contributed by atoms with Gasteiger partial charge in [-0.3, -0.25) is 0 Å². The summed E-state index contributed by atoms with van der Waals surface area (Å²) in [4.78, 5) is 8.92. The van der Waals surface area contributed by atoms with Crippen LogP contribution in [0.4, 0.5) is 11.5 Å². The molecule has 20 heavy (non-hydrogen) atoms. The molecule has 5 nitrogen and oxygen atoms in total. The Kier molecular flexibility index (Phi) is 6.55. The Bertz CT molecular complexity index is 385. The summed E-state index contributed by atoms with van der Waals surface area (Å²) in [5.74, 6) is 2.94. The number of anilines is 2. The summed E-state index contributed by atoms with van der Waals surface area (Å²) in [6, 6.07) is 0. The molecule has 3 N–H and O–H groups in total. The van der Waals surface area contributed by atoms with E-state index in [2.05, 4.69) is 49.9 Å². The maximum absolute atomic E-state index is 6.11. The van der Waals surface area contributed by atoms with Gasteiger partial charge in [-0.25, -0.2) is 4.98 Å². The first-order chi connectivity index (χ1) is 9.43. The summed E-state index contributed by atoms with van der Waals surface area (Å²) in [6.07, 6.45) is 1.83. The van der Waals surface area contributed by atoms with E-state index >= 15 is 0 Å². The van der Waals surface area contributed by atoms with Gasteiger partial charge in [0.15, 0.2) is 5.82 Å². The Labute approximate surface area is 122 Å². The number of hydrogen-bond acceptors (Lipinski definition) is 5. The Morgan fingerprint density at radius 2 is 1.85 bits per heavy atom. The monoisotopic (exact) mass is 280 g/mol. The van der Waals surface area contributed by atoms with E-state index in [0.717, 1.165) is 25.2 Å². The van der Waals surface area contributed by atoms with Crippen molar-refractivity contribution >= 4 is 11.5 Å². The largest absolute Gasteiger partial charge is 0.476 e. The van der Waals surface area contributed by atoms with E-state index in [9.17, 15) is 0 Å². The highest BCUT2D eigenvalue weighted by Crippen LogP contribution is 2.27. The molecule has 0 unspecified atom stereocenters. The third kappa shape index (κ3) is 5.23. The molecule has 1 aromatic heterocycles. The minimum Gasteiger partial charge on any atom is -0.476 e. The minimum absolute atomic E-state index is 0.436. The summed E-state index contributed by atoms with van der Waals surface area (Å²) in [6.45, 7) is 12.0. The van der Waals surface area contributed by atoms with Crippen LogP contribution in [0.3, 0.4) is 0 Å². The average molecular weight is 280 g/mol. The molecule has 114 valence electrons. The summed E-state index contributed by atoms with van der Waals surface area (Å²) in [5.41, 5.74) is 6.61. The predicted molar refractivity (Wildman–Crippen MR) is 84.1 cm³/mol. The number of nitrogens with one attached hydrogen (secondary N) is 1. The number of aromatic nitrogens is 2. The Balaban J connectivity index is 2.95. The van der Waals surface area contributed by atoms with Crippen LogP contribution in [-0.2, 0) is 6.42 Å². The van der Waals surface area contributed by atoms with Crippen LogP contribution >= 0.6 is 0 Å². The second-order valence-corrected chi connectivity index (χ2v) is 5.94. The van der Waals surface area contributed by atoms with Gasteiger partial charge in [0, 0.05) is 13.0 Å². The van der Waals surface area contributed by atoms with Crippen molar-refractivity contribution in [3.63, 3.8) is 0 Å². The van der Waals surface area contributed by atoms with E-state index in [-0.39, 0.29) is 0 Å². The van der Waals surface area contributed by atoms with Crippen LogP contribution in [0, 0.1) is 11.8 Å². The first-order valence-corrected chi connectivity index (χ1v) is 7.47. The number of nitrogens with zero attached hydrogens (tertiary/aromatic N) is 2. The maximum atomic E-state index is 6.11. The Hall–Kier alpha value is -1.52. The fourth-order valence-electron chi connectivity index (χ4n) is 1.62. The second-order valence-electron chi connectivity index (χ2n) is 5.94. The highest BCUT2D eigenvalue weighted by Gasteiger charge is 2.13. The first kappa shape index (κ1) is 16.5. The van der Waals surface area contributed by atoms with Gasteiger partial charge in [0.25, 0.3) is 0 Å². The molecule has 0 aliphatic heterocycles. The molecular weight excluding hydrogens is 252 g/mol. The standard InChI is InChI=1S/C15H28N4O/c1-6-7-12-18-14(17-8-10(2)3)13(16)15(19-12)20-9-11(4)5/h10-11H,6-9,16H2,1-5H3,(H,17,18,19). The van der Waals surface area contributed by atoms with Crippen LogP contribution in [0.1, 0.15) is 46.9 Å². The number of aryl methyl sites for hydroxylation is 1. The number of nitrogen functional groups attached to an aromatic ring is 1. The van der Waals surface area contributed by atoms with Crippen molar-refractivity contribution in [3.05, 3.63) is 5.82 Å². The van der Waals surface area contributed by atoms with Crippen molar-refractivity contribution in [1.29, 1.82) is 0 Å². The van der Waals surface area contributed by atoms with Crippen LogP contribution in [0.2, 0.25) is 0 Å². The molecule has 1 aromatic rings. The molecule has 0 aliphatic carbocycles. The number of nitrogens with two attached hydrogens (primary N) is 1.